The van der Waals surface area contributed by atoms with Gasteiger partial charge >= 0.3 is 0 Å². The maximum atomic E-state index is 11.0. The van der Waals surface area contributed by atoms with Crippen molar-refractivity contribution in [1.29, 1.82) is 0 Å². The fourth-order valence-electron chi connectivity index (χ4n) is 2.74. The topological polar surface area (TPSA) is 60.5 Å². The second kappa shape index (κ2) is 9.22. The molecule has 1 N–H and O–H groups in total. The minimum absolute atomic E-state index is 0.0104. The number of ether oxygens (including phenoxy) is 2. The highest BCUT2D eigenvalue weighted by Crippen LogP contribution is 2.25. The third kappa shape index (κ3) is 5.71. The van der Waals surface area contributed by atoms with Crippen molar-refractivity contribution in [1.82, 2.24) is 10.3 Å². The van der Waals surface area contributed by atoms with E-state index in [1.165, 1.54) is 6.92 Å². The predicted molar refractivity (Wildman–Crippen MR) is 111 cm³/mol. The highest BCUT2D eigenvalue weighted by Gasteiger charge is 2.04. The second-order valence-electron chi connectivity index (χ2n) is 7.19. The number of benzene rings is 2. The number of nitrogens with one attached hydrogen (secondary N) is 1. The molecule has 0 unspecified atom stereocenters. The minimum Gasteiger partial charge on any atom is -0.493 e. The van der Waals surface area contributed by atoms with E-state index in [4.69, 9.17) is 9.47 Å². The molecule has 2 aromatic carbocycles. The molecule has 0 radical (unpaired) electrons. The summed E-state index contributed by atoms with van der Waals surface area (Å²) in [6, 6.07) is 17.5. The van der Waals surface area contributed by atoms with Crippen molar-refractivity contribution in [3.63, 3.8) is 0 Å². The Morgan fingerprint density at radius 3 is 2.50 bits per heavy atom. The number of amides is 1. The van der Waals surface area contributed by atoms with Crippen LogP contribution < -0.4 is 14.8 Å². The monoisotopic (exact) mass is 378 g/mol. The maximum Gasteiger partial charge on any atom is 0.219 e. The fraction of sp³-hybridized carbons (Fsp3) is 0.304. The van der Waals surface area contributed by atoms with Gasteiger partial charge in [-0.2, -0.15) is 0 Å². The van der Waals surface area contributed by atoms with Gasteiger partial charge in [0.2, 0.25) is 11.8 Å². The molecule has 0 aliphatic rings. The molecular formula is C23H26N2O3. The SMILES string of the molecule is CC(=O)NCCc1ccc2nc(Oc3ccc(OCC(C)C)cc3)ccc2c1. The Kier molecular flexibility index (Phi) is 6.48. The molecule has 0 atom stereocenters. The summed E-state index contributed by atoms with van der Waals surface area (Å²) in [5, 5.41) is 3.86. The molecule has 1 heterocycles. The average Bonchev–Trinajstić information content (AvgIpc) is 2.67. The largest absolute Gasteiger partial charge is 0.493 e. The van der Waals surface area contributed by atoms with Crippen molar-refractivity contribution >= 4 is 16.8 Å². The summed E-state index contributed by atoms with van der Waals surface area (Å²) in [5.74, 6) is 2.58. The molecule has 28 heavy (non-hydrogen) atoms. The molecule has 0 saturated carbocycles. The van der Waals surface area contributed by atoms with E-state index in [0.717, 1.165) is 34.4 Å². The summed E-state index contributed by atoms with van der Waals surface area (Å²) in [7, 11) is 0. The van der Waals surface area contributed by atoms with Gasteiger partial charge in [-0.3, -0.25) is 4.79 Å². The lowest BCUT2D eigenvalue weighted by Crippen LogP contribution is -2.22. The molecule has 0 spiro atoms. The molecule has 1 amide bonds. The third-order valence-electron chi connectivity index (χ3n) is 4.15. The second-order valence-corrected chi connectivity index (χ2v) is 7.19. The van der Waals surface area contributed by atoms with Crippen LogP contribution in [0.2, 0.25) is 0 Å². The normalized spacial score (nSPS) is 10.9. The van der Waals surface area contributed by atoms with Crippen LogP contribution >= 0.6 is 0 Å². The number of fused-ring (bicyclic) bond motifs is 1. The molecular weight excluding hydrogens is 352 g/mol. The van der Waals surface area contributed by atoms with Gasteiger partial charge in [-0.1, -0.05) is 19.9 Å². The molecule has 1 aromatic heterocycles. The van der Waals surface area contributed by atoms with Crippen LogP contribution in [0.25, 0.3) is 10.9 Å². The van der Waals surface area contributed by atoms with E-state index in [-0.39, 0.29) is 5.91 Å². The molecule has 0 fully saturated rings. The van der Waals surface area contributed by atoms with Crippen molar-refractivity contribution < 1.29 is 14.3 Å². The zero-order valence-electron chi connectivity index (χ0n) is 16.6. The predicted octanol–water partition coefficient (Wildman–Crippen LogP) is 4.74. The summed E-state index contributed by atoms with van der Waals surface area (Å²) in [6.45, 7) is 7.09. The van der Waals surface area contributed by atoms with Crippen LogP contribution in [0.1, 0.15) is 26.3 Å². The number of pyridine rings is 1. The Hall–Kier alpha value is -3.08. The van der Waals surface area contributed by atoms with Gasteiger partial charge in [0.05, 0.1) is 12.1 Å². The average molecular weight is 378 g/mol. The lowest BCUT2D eigenvalue weighted by atomic mass is 10.1. The first kappa shape index (κ1) is 19.7. The van der Waals surface area contributed by atoms with Gasteiger partial charge in [-0.05, 0) is 60.4 Å². The Morgan fingerprint density at radius 1 is 1.04 bits per heavy atom. The van der Waals surface area contributed by atoms with E-state index in [1.807, 2.05) is 48.5 Å². The fourth-order valence-corrected chi connectivity index (χ4v) is 2.74. The highest BCUT2D eigenvalue weighted by molar-refractivity contribution is 5.80. The van der Waals surface area contributed by atoms with Crippen molar-refractivity contribution in [2.24, 2.45) is 5.92 Å². The first-order chi connectivity index (χ1) is 13.5. The van der Waals surface area contributed by atoms with Crippen LogP contribution in [0, 0.1) is 5.92 Å². The van der Waals surface area contributed by atoms with Crippen molar-refractivity contribution in [2.75, 3.05) is 13.2 Å². The smallest absolute Gasteiger partial charge is 0.219 e. The lowest BCUT2D eigenvalue weighted by Gasteiger charge is -2.10. The van der Waals surface area contributed by atoms with E-state index >= 15 is 0 Å². The summed E-state index contributed by atoms with van der Waals surface area (Å²) in [6.07, 6.45) is 0.791. The van der Waals surface area contributed by atoms with Crippen LogP contribution in [0.15, 0.2) is 54.6 Å². The molecule has 5 heteroatoms. The summed E-state index contributed by atoms with van der Waals surface area (Å²) < 4.78 is 11.6. The van der Waals surface area contributed by atoms with Crippen molar-refractivity contribution in [3.05, 3.63) is 60.2 Å². The van der Waals surface area contributed by atoms with E-state index in [1.54, 1.807) is 0 Å². The molecule has 3 rings (SSSR count). The molecule has 3 aromatic rings. The highest BCUT2D eigenvalue weighted by atomic mass is 16.5. The molecule has 0 bridgehead atoms. The lowest BCUT2D eigenvalue weighted by molar-refractivity contribution is -0.118. The van der Waals surface area contributed by atoms with Gasteiger partial charge in [0, 0.05) is 24.9 Å². The Morgan fingerprint density at radius 2 is 1.79 bits per heavy atom. The van der Waals surface area contributed by atoms with Crippen LogP contribution in [0.3, 0.4) is 0 Å². The zero-order valence-corrected chi connectivity index (χ0v) is 16.6. The third-order valence-corrected chi connectivity index (χ3v) is 4.15. The Balaban J connectivity index is 1.64. The van der Waals surface area contributed by atoms with Gasteiger partial charge in [-0.25, -0.2) is 4.98 Å². The minimum atomic E-state index is -0.0104. The maximum absolute atomic E-state index is 11.0. The van der Waals surface area contributed by atoms with Crippen LogP contribution in [0.5, 0.6) is 17.4 Å². The van der Waals surface area contributed by atoms with Gasteiger partial charge in [-0.15, -0.1) is 0 Å². The van der Waals surface area contributed by atoms with E-state index in [0.29, 0.717) is 24.9 Å². The number of carbonyl (C=O) groups excluding carboxylic acids is 1. The Labute approximate surface area is 165 Å². The van der Waals surface area contributed by atoms with Gasteiger partial charge in [0.25, 0.3) is 0 Å². The van der Waals surface area contributed by atoms with Crippen molar-refractivity contribution in [2.45, 2.75) is 27.2 Å². The van der Waals surface area contributed by atoms with Crippen LogP contribution in [-0.4, -0.2) is 24.0 Å². The van der Waals surface area contributed by atoms with E-state index in [9.17, 15) is 4.79 Å². The number of carbonyl (C=O) groups is 1. The first-order valence-electron chi connectivity index (χ1n) is 9.54. The first-order valence-corrected chi connectivity index (χ1v) is 9.54. The van der Waals surface area contributed by atoms with Crippen LogP contribution in [0.4, 0.5) is 0 Å². The summed E-state index contributed by atoms with van der Waals surface area (Å²) in [4.78, 5) is 15.5. The molecule has 146 valence electrons. The standard InChI is InChI=1S/C23H26N2O3/c1-16(2)15-27-20-6-8-21(9-7-20)28-23-11-5-19-14-18(4-10-22(19)25-23)12-13-24-17(3)26/h4-11,14,16H,12-13,15H2,1-3H3,(H,24,26). The number of aromatic nitrogens is 1. The summed E-state index contributed by atoms with van der Waals surface area (Å²) >= 11 is 0. The summed E-state index contributed by atoms with van der Waals surface area (Å²) in [5.41, 5.74) is 2.03. The number of nitrogens with zero attached hydrogens (tertiary/aromatic N) is 1. The van der Waals surface area contributed by atoms with Gasteiger partial charge in [0.1, 0.15) is 11.5 Å². The molecule has 0 aliphatic heterocycles. The van der Waals surface area contributed by atoms with Crippen molar-refractivity contribution in [3.8, 4) is 17.4 Å². The van der Waals surface area contributed by atoms with E-state index < -0.39 is 0 Å². The number of rotatable bonds is 8. The molecule has 0 aliphatic carbocycles. The zero-order chi connectivity index (χ0) is 19.9. The Bertz CT molecular complexity index is 936. The molecule has 0 saturated heterocycles. The molecule has 5 nitrogen and oxygen atoms in total. The number of hydrogen-bond donors (Lipinski definition) is 1. The van der Waals surface area contributed by atoms with Crippen LogP contribution in [-0.2, 0) is 11.2 Å². The van der Waals surface area contributed by atoms with Gasteiger partial charge < -0.3 is 14.8 Å². The number of hydrogen-bond acceptors (Lipinski definition) is 4. The van der Waals surface area contributed by atoms with Gasteiger partial charge in [0.15, 0.2) is 0 Å². The van der Waals surface area contributed by atoms with E-state index in [2.05, 4.69) is 30.2 Å². The quantitative estimate of drug-likeness (QED) is 0.615.